The van der Waals surface area contributed by atoms with Crippen LogP contribution < -0.4 is 5.32 Å². The number of aromatic nitrogens is 5. The van der Waals surface area contributed by atoms with Gasteiger partial charge in [-0.3, -0.25) is 0 Å². The van der Waals surface area contributed by atoms with E-state index in [0.717, 1.165) is 43.3 Å². The van der Waals surface area contributed by atoms with E-state index in [9.17, 15) is 0 Å². The Balaban J connectivity index is 1.37. The summed E-state index contributed by atoms with van der Waals surface area (Å²) < 4.78 is 4.23. The van der Waals surface area contributed by atoms with Gasteiger partial charge in [-0.05, 0) is 31.0 Å². The van der Waals surface area contributed by atoms with Gasteiger partial charge in [0.15, 0.2) is 0 Å². The maximum Gasteiger partial charge on any atom is 0.133 e. The number of nitrogens with zero attached hydrogens (tertiary/aromatic N) is 5. The van der Waals surface area contributed by atoms with Crippen molar-refractivity contribution in [3.05, 3.63) is 60.2 Å². The fourth-order valence-electron chi connectivity index (χ4n) is 3.09. The van der Waals surface area contributed by atoms with Gasteiger partial charge in [0.1, 0.15) is 11.6 Å². The summed E-state index contributed by atoms with van der Waals surface area (Å²) in [7, 11) is 0. The van der Waals surface area contributed by atoms with Crippen LogP contribution in [0.1, 0.15) is 23.6 Å². The van der Waals surface area contributed by atoms with Crippen molar-refractivity contribution in [2.24, 2.45) is 0 Å². The first-order chi connectivity index (χ1) is 11.3. The van der Waals surface area contributed by atoms with Crippen molar-refractivity contribution >= 4 is 0 Å². The summed E-state index contributed by atoms with van der Waals surface area (Å²) in [6.45, 7) is 3.86. The molecule has 118 valence electrons. The molecule has 0 spiro atoms. The number of benzene rings is 1. The molecule has 0 aliphatic carbocycles. The third-order valence-electron chi connectivity index (χ3n) is 4.47. The molecule has 0 amide bonds. The monoisotopic (exact) mass is 308 g/mol. The van der Waals surface area contributed by atoms with E-state index in [-0.39, 0.29) is 0 Å². The summed E-state index contributed by atoms with van der Waals surface area (Å²) in [5, 5.41) is 12.0. The lowest BCUT2D eigenvalue weighted by atomic mass is 10.1. The van der Waals surface area contributed by atoms with Gasteiger partial charge >= 0.3 is 0 Å². The molecule has 0 saturated heterocycles. The van der Waals surface area contributed by atoms with E-state index < -0.39 is 0 Å². The first-order valence-corrected chi connectivity index (χ1v) is 7.99. The Bertz CT molecular complexity index is 772. The van der Waals surface area contributed by atoms with Crippen LogP contribution in [0, 0.1) is 6.92 Å². The smallest absolute Gasteiger partial charge is 0.133 e. The lowest BCUT2D eigenvalue weighted by Crippen LogP contribution is -2.37. The van der Waals surface area contributed by atoms with Gasteiger partial charge in [0, 0.05) is 43.6 Å². The standard InChI is InChI=1S/C17H20N6/c1-13-20-21-17-7-4-15(11-23(13)17)19-10-14-2-5-16(6-3-14)22-9-8-18-12-22/h2-3,5-6,8-9,12,15,19H,4,7,10-11H2,1H3/t15-/m0/s1. The number of rotatable bonds is 4. The molecule has 0 fully saturated rings. The number of imidazole rings is 1. The lowest BCUT2D eigenvalue weighted by Gasteiger charge is -2.25. The molecule has 1 atom stereocenters. The molecule has 0 saturated carbocycles. The maximum absolute atomic E-state index is 4.22. The second kappa shape index (κ2) is 5.96. The van der Waals surface area contributed by atoms with Gasteiger partial charge < -0.3 is 14.5 Å². The third kappa shape index (κ3) is 2.90. The van der Waals surface area contributed by atoms with E-state index in [0.29, 0.717) is 6.04 Å². The van der Waals surface area contributed by atoms with Crippen LogP contribution in [0.4, 0.5) is 0 Å². The number of fused-ring (bicyclic) bond motifs is 1. The minimum absolute atomic E-state index is 0.477. The highest BCUT2D eigenvalue weighted by atomic mass is 15.3. The van der Waals surface area contributed by atoms with E-state index in [4.69, 9.17) is 0 Å². The number of aryl methyl sites for hydroxylation is 2. The van der Waals surface area contributed by atoms with Gasteiger partial charge in [0.2, 0.25) is 0 Å². The van der Waals surface area contributed by atoms with E-state index >= 15 is 0 Å². The van der Waals surface area contributed by atoms with Crippen molar-refractivity contribution in [2.45, 2.75) is 38.9 Å². The van der Waals surface area contributed by atoms with E-state index in [2.05, 4.69) is 49.3 Å². The van der Waals surface area contributed by atoms with Crippen LogP contribution in [-0.2, 0) is 19.5 Å². The Morgan fingerprint density at radius 2 is 2.09 bits per heavy atom. The van der Waals surface area contributed by atoms with Crippen LogP contribution in [0.15, 0.2) is 43.0 Å². The van der Waals surface area contributed by atoms with E-state index in [1.165, 1.54) is 5.56 Å². The highest BCUT2D eigenvalue weighted by Gasteiger charge is 2.20. The second-order valence-corrected chi connectivity index (χ2v) is 6.03. The fraction of sp³-hybridized carbons (Fsp3) is 0.353. The quantitative estimate of drug-likeness (QED) is 0.799. The molecule has 23 heavy (non-hydrogen) atoms. The molecule has 2 aromatic heterocycles. The first-order valence-electron chi connectivity index (χ1n) is 7.99. The number of nitrogens with one attached hydrogen (secondary N) is 1. The molecule has 3 aromatic rings. The van der Waals surface area contributed by atoms with Gasteiger partial charge in [-0.2, -0.15) is 0 Å². The predicted octanol–water partition coefficient (Wildman–Crippen LogP) is 1.88. The van der Waals surface area contributed by atoms with Crippen molar-refractivity contribution in [2.75, 3.05) is 0 Å². The average Bonchev–Trinajstić information content (AvgIpc) is 3.24. The zero-order valence-electron chi connectivity index (χ0n) is 13.2. The molecule has 1 aromatic carbocycles. The van der Waals surface area contributed by atoms with Crippen molar-refractivity contribution < 1.29 is 0 Å². The molecular weight excluding hydrogens is 288 g/mol. The minimum atomic E-state index is 0.477. The molecule has 0 unspecified atom stereocenters. The molecule has 1 aliphatic heterocycles. The number of hydrogen-bond acceptors (Lipinski definition) is 4. The first kappa shape index (κ1) is 14.1. The molecule has 0 bridgehead atoms. The zero-order chi connectivity index (χ0) is 15.6. The Labute approximate surface area is 135 Å². The van der Waals surface area contributed by atoms with Crippen molar-refractivity contribution in [3.8, 4) is 5.69 Å². The third-order valence-corrected chi connectivity index (χ3v) is 4.47. The Hall–Kier alpha value is -2.47. The molecule has 3 heterocycles. The molecular formula is C17H20N6. The van der Waals surface area contributed by atoms with Crippen LogP contribution in [0.2, 0.25) is 0 Å². The van der Waals surface area contributed by atoms with Crippen LogP contribution in [0.25, 0.3) is 5.69 Å². The Kier molecular flexibility index (Phi) is 3.67. The topological polar surface area (TPSA) is 60.6 Å². The van der Waals surface area contributed by atoms with Crippen LogP contribution >= 0.6 is 0 Å². The van der Waals surface area contributed by atoms with Crippen LogP contribution in [0.3, 0.4) is 0 Å². The van der Waals surface area contributed by atoms with Gasteiger partial charge in [-0.25, -0.2) is 4.98 Å². The summed E-state index contributed by atoms with van der Waals surface area (Å²) in [5.74, 6) is 2.13. The fourth-order valence-corrected chi connectivity index (χ4v) is 3.09. The van der Waals surface area contributed by atoms with E-state index in [1.807, 2.05) is 24.0 Å². The SMILES string of the molecule is Cc1nnc2n1C[C@@H](NCc1ccc(-n3ccnc3)cc1)CC2. The molecule has 4 rings (SSSR count). The molecule has 6 nitrogen and oxygen atoms in total. The van der Waals surface area contributed by atoms with Gasteiger partial charge in [0.05, 0.1) is 6.33 Å². The van der Waals surface area contributed by atoms with Crippen molar-refractivity contribution in [1.29, 1.82) is 0 Å². The zero-order valence-corrected chi connectivity index (χ0v) is 13.2. The van der Waals surface area contributed by atoms with Crippen molar-refractivity contribution in [1.82, 2.24) is 29.6 Å². The average molecular weight is 308 g/mol. The summed E-state index contributed by atoms with van der Waals surface area (Å²) in [5.41, 5.74) is 2.42. The predicted molar refractivity (Wildman–Crippen MR) is 87.3 cm³/mol. The van der Waals surface area contributed by atoms with Crippen LogP contribution in [-0.4, -0.2) is 30.4 Å². The highest BCUT2D eigenvalue weighted by molar-refractivity contribution is 5.34. The summed E-state index contributed by atoms with van der Waals surface area (Å²) in [6, 6.07) is 9.07. The summed E-state index contributed by atoms with van der Waals surface area (Å²) >= 11 is 0. The normalized spacial score (nSPS) is 17.2. The van der Waals surface area contributed by atoms with E-state index in [1.54, 1.807) is 6.20 Å². The van der Waals surface area contributed by atoms with Crippen molar-refractivity contribution in [3.63, 3.8) is 0 Å². The van der Waals surface area contributed by atoms with Gasteiger partial charge in [0.25, 0.3) is 0 Å². The minimum Gasteiger partial charge on any atom is -0.314 e. The Morgan fingerprint density at radius 3 is 2.87 bits per heavy atom. The molecule has 1 N–H and O–H groups in total. The number of hydrogen-bond donors (Lipinski definition) is 1. The molecule has 1 aliphatic rings. The Morgan fingerprint density at radius 1 is 1.22 bits per heavy atom. The highest BCUT2D eigenvalue weighted by Crippen LogP contribution is 2.15. The van der Waals surface area contributed by atoms with Gasteiger partial charge in [-0.15, -0.1) is 10.2 Å². The van der Waals surface area contributed by atoms with Crippen LogP contribution in [0.5, 0.6) is 0 Å². The largest absolute Gasteiger partial charge is 0.314 e. The maximum atomic E-state index is 4.22. The lowest BCUT2D eigenvalue weighted by molar-refractivity contribution is 0.375. The molecule has 6 heteroatoms. The van der Waals surface area contributed by atoms with Gasteiger partial charge in [-0.1, -0.05) is 12.1 Å². The second-order valence-electron chi connectivity index (χ2n) is 6.03. The summed E-state index contributed by atoms with van der Waals surface area (Å²) in [6.07, 6.45) is 7.67. The molecule has 0 radical (unpaired) electrons. The summed E-state index contributed by atoms with van der Waals surface area (Å²) in [4.78, 5) is 4.08.